The van der Waals surface area contributed by atoms with E-state index in [1.807, 2.05) is 13.8 Å². The van der Waals surface area contributed by atoms with Crippen LogP contribution in [0.5, 0.6) is 0 Å². The van der Waals surface area contributed by atoms with Crippen molar-refractivity contribution in [2.75, 3.05) is 59.5 Å². The molecule has 0 radical (unpaired) electrons. The quantitative estimate of drug-likeness (QED) is 0.314. The maximum absolute atomic E-state index is 8.90. The zero-order valence-corrected chi connectivity index (χ0v) is 13.5. The Labute approximate surface area is 127 Å². The molecule has 2 heterocycles. The van der Waals surface area contributed by atoms with E-state index in [2.05, 4.69) is 26.9 Å². The number of hydrogen-bond donors (Lipinski definition) is 2. The largest absolute Gasteiger partial charge is 0.409 e. The van der Waals surface area contributed by atoms with Crippen molar-refractivity contribution >= 4 is 5.84 Å². The molecule has 0 aliphatic carbocycles. The molecule has 0 aromatic rings. The van der Waals surface area contributed by atoms with E-state index in [1.54, 1.807) is 0 Å². The zero-order chi connectivity index (χ0) is 15.5. The van der Waals surface area contributed by atoms with E-state index in [4.69, 9.17) is 15.7 Å². The minimum Gasteiger partial charge on any atom is -0.409 e. The molecule has 2 rings (SSSR count). The molecule has 1 unspecified atom stereocenters. The number of morpholine rings is 1. The van der Waals surface area contributed by atoms with Crippen LogP contribution < -0.4 is 5.73 Å². The molecular formula is C14H29N5O2. The topological polar surface area (TPSA) is 77.6 Å². The summed E-state index contributed by atoms with van der Waals surface area (Å²) in [5, 5.41) is 12.1. The number of amidine groups is 1. The number of oxime groups is 1. The number of hydrogen-bond acceptors (Lipinski definition) is 6. The highest BCUT2D eigenvalue weighted by molar-refractivity contribution is 5.88. The Balaban J connectivity index is 1.80. The summed E-state index contributed by atoms with van der Waals surface area (Å²) in [7, 11) is 2.15. The summed E-state index contributed by atoms with van der Waals surface area (Å²) >= 11 is 0. The predicted octanol–water partition coefficient (Wildman–Crippen LogP) is -0.540. The number of rotatable bonds is 4. The molecule has 2 aliphatic heterocycles. The number of nitrogens with zero attached hydrogens (tertiary/aromatic N) is 4. The van der Waals surface area contributed by atoms with Crippen LogP contribution in [0.3, 0.4) is 0 Å². The second-order valence-electron chi connectivity index (χ2n) is 6.59. The molecule has 0 aromatic heterocycles. The monoisotopic (exact) mass is 299 g/mol. The maximum atomic E-state index is 8.90. The Kier molecular flexibility index (Phi) is 5.43. The lowest BCUT2D eigenvalue weighted by Gasteiger charge is -2.44. The third kappa shape index (κ3) is 4.06. The van der Waals surface area contributed by atoms with Gasteiger partial charge in [0.15, 0.2) is 5.84 Å². The van der Waals surface area contributed by atoms with Crippen LogP contribution in [0, 0.1) is 0 Å². The van der Waals surface area contributed by atoms with Gasteiger partial charge in [0, 0.05) is 45.8 Å². The number of likely N-dealkylation sites (N-methyl/N-ethyl adjacent to an activating group) is 1. The van der Waals surface area contributed by atoms with Crippen LogP contribution >= 0.6 is 0 Å². The van der Waals surface area contributed by atoms with Crippen LogP contribution in [0.1, 0.15) is 13.8 Å². The van der Waals surface area contributed by atoms with Gasteiger partial charge >= 0.3 is 0 Å². The molecule has 2 aliphatic rings. The van der Waals surface area contributed by atoms with E-state index < -0.39 is 5.54 Å². The van der Waals surface area contributed by atoms with Crippen LogP contribution in [0.2, 0.25) is 0 Å². The summed E-state index contributed by atoms with van der Waals surface area (Å²) < 4.78 is 5.83. The average molecular weight is 299 g/mol. The fourth-order valence-corrected chi connectivity index (χ4v) is 3.04. The van der Waals surface area contributed by atoms with Crippen molar-refractivity contribution in [3.05, 3.63) is 0 Å². The first-order valence-electron chi connectivity index (χ1n) is 7.69. The van der Waals surface area contributed by atoms with Crippen molar-refractivity contribution in [2.45, 2.75) is 25.5 Å². The highest BCUT2D eigenvalue weighted by Crippen LogP contribution is 2.18. The lowest BCUT2D eigenvalue weighted by molar-refractivity contribution is -0.0434. The third-order valence-corrected chi connectivity index (χ3v) is 4.70. The van der Waals surface area contributed by atoms with Crippen molar-refractivity contribution in [2.24, 2.45) is 10.9 Å². The van der Waals surface area contributed by atoms with Gasteiger partial charge in [-0.25, -0.2) is 0 Å². The van der Waals surface area contributed by atoms with Gasteiger partial charge in [0.2, 0.25) is 0 Å². The fraction of sp³-hybridized carbons (Fsp3) is 0.929. The smallest absolute Gasteiger partial charge is 0.159 e. The SMILES string of the molecule is CN1CCOC(CN2CCN(C(C)(C)C(N)=NO)CC2)C1. The van der Waals surface area contributed by atoms with Gasteiger partial charge in [0.25, 0.3) is 0 Å². The van der Waals surface area contributed by atoms with Crippen LogP contribution in [0.15, 0.2) is 5.16 Å². The molecule has 2 fully saturated rings. The Hall–Kier alpha value is -0.890. The first-order valence-corrected chi connectivity index (χ1v) is 7.69. The van der Waals surface area contributed by atoms with Gasteiger partial charge in [-0.15, -0.1) is 0 Å². The van der Waals surface area contributed by atoms with Gasteiger partial charge in [-0.05, 0) is 20.9 Å². The molecule has 3 N–H and O–H groups in total. The summed E-state index contributed by atoms with van der Waals surface area (Å²) in [5.41, 5.74) is 5.40. The number of ether oxygens (including phenoxy) is 1. The molecule has 0 saturated carbocycles. The molecule has 7 heteroatoms. The molecule has 0 spiro atoms. The fourth-order valence-electron chi connectivity index (χ4n) is 3.04. The second-order valence-corrected chi connectivity index (χ2v) is 6.59. The Morgan fingerprint density at radius 2 is 1.95 bits per heavy atom. The van der Waals surface area contributed by atoms with E-state index in [1.165, 1.54) is 0 Å². The molecule has 1 atom stereocenters. The summed E-state index contributed by atoms with van der Waals surface area (Å²) in [6.07, 6.45) is 0.312. The van der Waals surface area contributed by atoms with Gasteiger partial charge in [-0.1, -0.05) is 5.16 Å². The van der Waals surface area contributed by atoms with E-state index in [-0.39, 0.29) is 5.84 Å². The summed E-state index contributed by atoms with van der Waals surface area (Å²) in [6, 6.07) is 0. The van der Waals surface area contributed by atoms with Crippen molar-refractivity contribution in [1.29, 1.82) is 0 Å². The number of nitrogens with two attached hydrogens (primary N) is 1. The standard InChI is InChI=1S/C14H29N5O2/c1-14(2,13(15)16-20)19-6-4-18(5-7-19)11-12-10-17(3)8-9-21-12/h12,20H,4-11H2,1-3H3,(H2,15,16). The first-order chi connectivity index (χ1) is 9.93. The Morgan fingerprint density at radius 3 is 2.52 bits per heavy atom. The van der Waals surface area contributed by atoms with Crippen LogP contribution in [-0.4, -0.2) is 96.9 Å². The van der Waals surface area contributed by atoms with Gasteiger partial charge in [-0.3, -0.25) is 9.80 Å². The highest BCUT2D eigenvalue weighted by atomic mass is 16.5. The van der Waals surface area contributed by atoms with Gasteiger partial charge in [0.1, 0.15) is 0 Å². The Morgan fingerprint density at radius 1 is 1.29 bits per heavy atom. The Bertz CT molecular complexity index is 366. The minimum absolute atomic E-state index is 0.271. The molecular weight excluding hydrogens is 270 g/mol. The normalized spacial score (nSPS) is 28.0. The molecule has 0 bridgehead atoms. The molecule has 7 nitrogen and oxygen atoms in total. The average Bonchev–Trinajstić information content (AvgIpc) is 2.47. The van der Waals surface area contributed by atoms with Crippen molar-refractivity contribution in [3.8, 4) is 0 Å². The summed E-state index contributed by atoms with van der Waals surface area (Å²) in [6.45, 7) is 11.7. The van der Waals surface area contributed by atoms with Gasteiger partial charge in [-0.2, -0.15) is 0 Å². The van der Waals surface area contributed by atoms with E-state index >= 15 is 0 Å². The van der Waals surface area contributed by atoms with Gasteiger partial charge < -0.3 is 20.6 Å². The van der Waals surface area contributed by atoms with E-state index in [0.29, 0.717) is 6.10 Å². The van der Waals surface area contributed by atoms with Crippen LogP contribution in [-0.2, 0) is 4.74 Å². The minimum atomic E-state index is -0.400. The summed E-state index contributed by atoms with van der Waals surface area (Å²) in [5.74, 6) is 0.271. The lowest BCUT2D eigenvalue weighted by atomic mass is 10.00. The van der Waals surface area contributed by atoms with Crippen molar-refractivity contribution < 1.29 is 9.94 Å². The number of piperazine rings is 1. The second kappa shape index (κ2) is 6.91. The maximum Gasteiger partial charge on any atom is 0.159 e. The summed E-state index contributed by atoms with van der Waals surface area (Å²) in [4.78, 5) is 7.04. The predicted molar refractivity (Wildman–Crippen MR) is 82.7 cm³/mol. The van der Waals surface area contributed by atoms with Crippen molar-refractivity contribution in [1.82, 2.24) is 14.7 Å². The molecule has 21 heavy (non-hydrogen) atoms. The van der Waals surface area contributed by atoms with Gasteiger partial charge in [0.05, 0.1) is 18.2 Å². The van der Waals surface area contributed by atoms with Crippen LogP contribution in [0.4, 0.5) is 0 Å². The van der Waals surface area contributed by atoms with E-state index in [9.17, 15) is 0 Å². The molecule has 0 amide bonds. The molecule has 122 valence electrons. The third-order valence-electron chi connectivity index (χ3n) is 4.70. The van der Waals surface area contributed by atoms with E-state index in [0.717, 1.165) is 52.4 Å². The highest BCUT2D eigenvalue weighted by Gasteiger charge is 2.34. The molecule has 2 saturated heterocycles. The van der Waals surface area contributed by atoms with Crippen molar-refractivity contribution in [3.63, 3.8) is 0 Å². The zero-order valence-electron chi connectivity index (χ0n) is 13.5. The van der Waals surface area contributed by atoms with Crippen LogP contribution in [0.25, 0.3) is 0 Å². The lowest BCUT2D eigenvalue weighted by Crippen LogP contribution is -2.60. The molecule has 0 aromatic carbocycles. The first kappa shape index (κ1) is 16.5.